The molecule has 0 fully saturated rings. The van der Waals surface area contributed by atoms with Gasteiger partial charge in [0.25, 0.3) is 0 Å². The largest absolute Gasteiger partial charge is 0.497 e. The van der Waals surface area contributed by atoms with Gasteiger partial charge in [0.1, 0.15) is 5.75 Å². The fourth-order valence-electron chi connectivity index (χ4n) is 3.20. The molecule has 0 N–H and O–H groups in total. The molecule has 6 nitrogen and oxygen atoms in total. The molecule has 0 saturated heterocycles. The lowest BCUT2D eigenvalue weighted by molar-refractivity contribution is 0.167. The number of hydrogen-bond donors (Lipinski definition) is 0. The van der Waals surface area contributed by atoms with Crippen molar-refractivity contribution in [2.24, 2.45) is 5.92 Å². The van der Waals surface area contributed by atoms with Crippen LogP contribution in [-0.4, -0.2) is 44.7 Å². The number of hydrogen-bond acceptors (Lipinski definition) is 4. The number of nitrogens with zero attached hydrogens (tertiary/aromatic N) is 2. The van der Waals surface area contributed by atoms with Crippen LogP contribution in [0.25, 0.3) is 0 Å². The van der Waals surface area contributed by atoms with Crippen molar-refractivity contribution in [3.63, 3.8) is 0 Å². The van der Waals surface area contributed by atoms with Gasteiger partial charge in [0.2, 0.25) is 10.0 Å². The lowest BCUT2D eigenvalue weighted by Gasteiger charge is -2.23. The van der Waals surface area contributed by atoms with Crippen LogP contribution in [0.4, 0.5) is 0 Å². The first-order chi connectivity index (χ1) is 12.0. The first-order valence-electron chi connectivity index (χ1n) is 8.31. The SMILES string of the molecule is COCCC1CN(S(=O)(=O)c2cccc(OC)c2)Cc2cccn2C1. The molecule has 0 bridgehead atoms. The summed E-state index contributed by atoms with van der Waals surface area (Å²) < 4.78 is 40.5. The van der Waals surface area contributed by atoms with Gasteiger partial charge in [-0.2, -0.15) is 4.31 Å². The first kappa shape index (κ1) is 18.0. The van der Waals surface area contributed by atoms with E-state index >= 15 is 0 Å². The third kappa shape index (κ3) is 3.89. The second-order valence-corrected chi connectivity index (χ2v) is 8.21. The zero-order chi connectivity index (χ0) is 17.9. The van der Waals surface area contributed by atoms with E-state index in [2.05, 4.69) is 4.57 Å². The van der Waals surface area contributed by atoms with E-state index < -0.39 is 10.0 Å². The lowest BCUT2D eigenvalue weighted by Crippen LogP contribution is -2.34. The van der Waals surface area contributed by atoms with Gasteiger partial charge in [0, 0.05) is 44.8 Å². The molecule has 3 rings (SSSR count). The molecule has 1 aromatic heterocycles. The molecular formula is C18H24N2O4S. The van der Waals surface area contributed by atoms with E-state index in [0.717, 1.165) is 18.7 Å². The Morgan fingerprint density at radius 1 is 1.16 bits per heavy atom. The van der Waals surface area contributed by atoms with E-state index in [1.54, 1.807) is 35.7 Å². The van der Waals surface area contributed by atoms with Crippen molar-refractivity contribution >= 4 is 10.0 Å². The summed E-state index contributed by atoms with van der Waals surface area (Å²) in [6.45, 7) is 2.27. The predicted octanol–water partition coefficient (Wildman–Crippen LogP) is 2.35. The Hall–Kier alpha value is -1.83. The average molecular weight is 364 g/mol. The summed E-state index contributed by atoms with van der Waals surface area (Å²) in [5, 5.41) is 0. The summed E-state index contributed by atoms with van der Waals surface area (Å²) in [6.07, 6.45) is 2.83. The summed E-state index contributed by atoms with van der Waals surface area (Å²) in [7, 11) is -0.395. The summed E-state index contributed by atoms with van der Waals surface area (Å²) in [5.41, 5.74) is 1.01. The van der Waals surface area contributed by atoms with Gasteiger partial charge in [-0.1, -0.05) is 6.07 Å². The molecule has 0 aliphatic carbocycles. The van der Waals surface area contributed by atoms with Gasteiger partial charge < -0.3 is 14.0 Å². The zero-order valence-electron chi connectivity index (χ0n) is 14.6. The second-order valence-electron chi connectivity index (χ2n) is 6.28. The van der Waals surface area contributed by atoms with Crippen molar-refractivity contribution in [3.8, 4) is 5.75 Å². The minimum atomic E-state index is -3.60. The Kier molecular flexibility index (Phi) is 5.46. The van der Waals surface area contributed by atoms with Gasteiger partial charge in [-0.25, -0.2) is 8.42 Å². The Morgan fingerprint density at radius 3 is 2.76 bits per heavy atom. The number of sulfonamides is 1. The van der Waals surface area contributed by atoms with Crippen LogP contribution in [0.3, 0.4) is 0 Å². The number of rotatable bonds is 6. The number of methoxy groups -OCH3 is 2. The fourth-order valence-corrected chi connectivity index (χ4v) is 4.72. The van der Waals surface area contributed by atoms with Crippen molar-refractivity contribution < 1.29 is 17.9 Å². The molecule has 7 heteroatoms. The van der Waals surface area contributed by atoms with Crippen molar-refractivity contribution in [2.45, 2.75) is 24.4 Å². The van der Waals surface area contributed by atoms with Gasteiger partial charge in [-0.05, 0) is 36.6 Å². The Balaban J connectivity index is 1.93. The van der Waals surface area contributed by atoms with Gasteiger partial charge in [-0.3, -0.25) is 0 Å². The second kappa shape index (κ2) is 7.59. The van der Waals surface area contributed by atoms with Crippen LogP contribution >= 0.6 is 0 Å². The van der Waals surface area contributed by atoms with Gasteiger partial charge >= 0.3 is 0 Å². The standard InChI is InChI=1S/C18H24N2O4S/c1-23-10-8-15-12-19-9-4-5-16(19)14-20(13-15)25(21,22)18-7-3-6-17(11-18)24-2/h3-7,9,11,15H,8,10,12-14H2,1-2H3. The maximum Gasteiger partial charge on any atom is 0.243 e. The molecule has 1 atom stereocenters. The molecule has 0 amide bonds. The van der Waals surface area contributed by atoms with Crippen LogP contribution in [-0.2, 0) is 27.8 Å². The van der Waals surface area contributed by atoms with Crippen molar-refractivity contribution in [2.75, 3.05) is 27.4 Å². The molecule has 1 aromatic carbocycles. The van der Waals surface area contributed by atoms with Gasteiger partial charge in [0.05, 0.1) is 18.6 Å². The van der Waals surface area contributed by atoms with Crippen LogP contribution in [0.2, 0.25) is 0 Å². The van der Waals surface area contributed by atoms with E-state index in [-0.39, 0.29) is 10.8 Å². The Labute approximate surface area is 149 Å². The van der Waals surface area contributed by atoms with E-state index in [4.69, 9.17) is 9.47 Å². The zero-order valence-corrected chi connectivity index (χ0v) is 15.4. The summed E-state index contributed by atoms with van der Waals surface area (Å²) in [4.78, 5) is 0.261. The van der Waals surface area contributed by atoms with Crippen LogP contribution in [0.1, 0.15) is 12.1 Å². The molecule has 2 heterocycles. The highest BCUT2D eigenvalue weighted by Gasteiger charge is 2.31. The fraction of sp³-hybridized carbons (Fsp3) is 0.444. The van der Waals surface area contributed by atoms with Gasteiger partial charge in [0.15, 0.2) is 0 Å². The quantitative estimate of drug-likeness (QED) is 0.789. The van der Waals surface area contributed by atoms with E-state index in [0.29, 0.717) is 25.4 Å². The van der Waals surface area contributed by atoms with Crippen molar-refractivity contribution in [3.05, 3.63) is 48.3 Å². The van der Waals surface area contributed by atoms with E-state index in [1.807, 2.05) is 18.3 Å². The molecule has 1 aliphatic heterocycles. The van der Waals surface area contributed by atoms with Crippen molar-refractivity contribution in [1.29, 1.82) is 0 Å². The molecule has 0 radical (unpaired) electrons. The molecule has 2 aromatic rings. The maximum atomic E-state index is 13.2. The molecule has 1 aliphatic rings. The van der Waals surface area contributed by atoms with E-state index in [9.17, 15) is 8.42 Å². The highest BCUT2D eigenvalue weighted by atomic mass is 32.2. The smallest absolute Gasteiger partial charge is 0.243 e. The Bertz CT molecular complexity index is 816. The molecule has 1 unspecified atom stereocenters. The monoisotopic (exact) mass is 364 g/mol. The number of fused-ring (bicyclic) bond motifs is 1. The molecule has 0 saturated carbocycles. The molecule has 25 heavy (non-hydrogen) atoms. The third-order valence-corrected chi connectivity index (χ3v) is 6.40. The maximum absolute atomic E-state index is 13.2. The summed E-state index contributed by atoms with van der Waals surface area (Å²) >= 11 is 0. The number of aromatic nitrogens is 1. The molecule has 136 valence electrons. The number of benzene rings is 1. The topological polar surface area (TPSA) is 60.8 Å². The average Bonchev–Trinajstić information content (AvgIpc) is 2.97. The lowest BCUT2D eigenvalue weighted by atomic mass is 10.1. The summed E-state index contributed by atoms with van der Waals surface area (Å²) in [5.74, 6) is 0.740. The highest BCUT2D eigenvalue weighted by molar-refractivity contribution is 7.89. The highest BCUT2D eigenvalue weighted by Crippen LogP contribution is 2.27. The van der Waals surface area contributed by atoms with Crippen LogP contribution in [0.15, 0.2) is 47.5 Å². The van der Waals surface area contributed by atoms with Crippen LogP contribution in [0.5, 0.6) is 5.75 Å². The van der Waals surface area contributed by atoms with Gasteiger partial charge in [-0.15, -0.1) is 0 Å². The third-order valence-electron chi connectivity index (χ3n) is 4.59. The van der Waals surface area contributed by atoms with Crippen molar-refractivity contribution in [1.82, 2.24) is 8.87 Å². The first-order valence-corrected chi connectivity index (χ1v) is 9.75. The van der Waals surface area contributed by atoms with E-state index in [1.165, 1.54) is 7.11 Å². The normalized spacial score (nSPS) is 18.6. The van der Waals surface area contributed by atoms with Crippen LogP contribution < -0.4 is 4.74 Å². The number of ether oxygens (including phenoxy) is 2. The van der Waals surface area contributed by atoms with Crippen LogP contribution in [0, 0.1) is 5.92 Å². The molecular weight excluding hydrogens is 340 g/mol. The molecule has 0 spiro atoms. The summed E-state index contributed by atoms with van der Waals surface area (Å²) in [6, 6.07) is 10.6. The minimum absolute atomic E-state index is 0.203. The predicted molar refractivity (Wildman–Crippen MR) is 95.0 cm³/mol. The minimum Gasteiger partial charge on any atom is -0.497 e. The Morgan fingerprint density at radius 2 is 2.00 bits per heavy atom.